The largest absolute Gasteiger partial charge is 0.381 e. The summed E-state index contributed by atoms with van der Waals surface area (Å²) in [5, 5.41) is 30.0. The lowest BCUT2D eigenvalue weighted by Gasteiger charge is -2.03. The number of nitrogen functional groups attached to an aromatic ring is 1. The molecule has 0 amide bonds. The number of unbranched alkanes of at least 4 members (excludes halogenated alkanes) is 2. The number of aryl methyl sites for hydroxylation is 1. The molecule has 0 aliphatic carbocycles. The third-order valence-corrected chi connectivity index (χ3v) is 4.05. The van der Waals surface area contributed by atoms with Gasteiger partial charge in [0.05, 0.1) is 11.9 Å². The molecule has 0 saturated carbocycles. The molecule has 3 heterocycles. The fraction of sp³-hybridized carbons (Fsp3) is 0.312. The van der Waals surface area contributed by atoms with Crippen LogP contribution in [-0.4, -0.2) is 31.1 Å². The maximum atomic E-state index is 11.3. The van der Waals surface area contributed by atoms with E-state index in [1.807, 2.05) is 6.07 Å². The molecule has 3 aromatic heterocycles. The lowest BCUT2D eigenvalue weighted by atomic mass is 10.1. The lowest BCUT2D eigenvalue weighted by Crippen LogP contribution is -2.05. The second-order valence-electron chi connectivity index (χ2n) is 5.78. The highest BCUT2D eigenvalue weighted by molar-refractivity contribution is 5.62. The Morgan fingerprint density at radius 2 is 2.23 bits per heavy atom. The molecule has 0 bridgehead atoms. The van der Waals surface area contributed by atoms with Gasteiger partial charge in [0.15, 0.2) is 5.82 Å². The summed E-state index contributed by atoms with van der Waals surface area (Å²) in [6.07, 6.45) is 4.86. The molecule has 0 aromatic carbocycles. The van der Waals surface area contributed by atoms with Crippen molar-refractivity contribution in [2.24, 2.45) is 0 Å². The van der Waals surface area contributed by atoms with E-state index in [0.29, 0.717) is 24.2 Å². The Kier molecular flexibility index (Phi) is 4.98. The number of aromatic amines is 1. The van der Waals surface area contributed by atoms with E-state index < -0.39 is 4.92 Å². The van der Waals surface area contributed by atoms with Crippen LogP contribution in [0.25, 0.3) is 5.65 Å². The number of nitrogens with one attached hydrogen (secondary N) is 2. The summed E-state index contributed by atoms with van der Waals surface area (Å²) < 4.78 is 1.45. The van der Waals surface area contributed by atoms with Crippen molar-refractivity contribution in [3.05, 3.63) is 45.8 Å². The van der Waals surface area contributed by atoms with Gasteiger partial charge in [-0.2, -0.15) is 19.7 Å². The maximum absolute atomic E-state index is 11.3. The number of nitro groups is 1. The van der Waals surface area contributed by atoms with E-state index in [1.165, 1.54) is 4.40 Å². The standard InChI is InChI=1S/C16H18N8O2/c17-10-11-12(21-22-14(11)18)6-2-1-4-8-19-15-16(24(25)26)23-9-5-3-7-13(23)20-15/h3,5,7,9,19H,1-2,4,6,8H2,(H3,18,21,22). The summed E-state index contributed by atoms with van der Waals surface area (Å²) in [7, 11) is 0. The Morgan fingerprint density at radius 1 is 1.38 bits per heavy atom. The zero-order valence-electron chi connectivity index (χ0n) is 14.0. The van der Waals surface area contributed by atoms with Crippen LogP contribution in [0.2, 0.25) is 0 Å². The highest BCUT2D eigenvalue weighted by atomic mass is 16.6. The minimum Gasteiger partial charge on any atom is -0.381 e. The van der Waals surface area contributed by atoms with Crippen LogP contribution >= 0.6 is 0 Å². The Bertz CT molecular complexity index is 968. The molecule has 134 valence electrons. The van der Waals surface area contributed by atoms with Crippen LogP contribution in [0.4, 0.5) is 17.5 Å². The van der Waals surface area contributed by atoms with Gasteiger partial charge in [-0.05, 0) is 30.3 Å². The molecule has 0 fully saturated rings. The quantitative estimate of drug-likeness (QED) is 0.319. The van der Waals surface area contributed by atoms with Gasteiger partial charge >= 0.3 is 5.82 Å². The van der Waals surface area contributed by atoms with Crippen LogP contribution in [0.3, 0.4) is 0 Å². The summed E-state index contributed by atoms with van der Waals surface area (Å²) in [5.41, 5.74) is 7.28. The van der Waals surface area contributed by atoms with Crippen molar-refractivity contribution in [1.29, 1.82) is 5.26 Å². The van der Waals surface area contributed by atoms with Gasteiger partial charge in [-0.1, -0.05) is 12.5 Å². The number of pyridine rings is 1. The number of anilines is 2. The van der Waals surface area contributed by atoms with Gasteiger partial charge in [0.2, 0.25) is 11.5 Å². The Morgan fingerprint density at radius 3 is 3.00 bits per heavy atom. The van der Waals surface area contributed by atoms with Gasteiger partial charge < -0.3 is 21.2 Å². The van der Waals surface area contributed by atoms with Crippen molar-refractivity contribution < 1.29 is 4.92 Å². The number of hydrogen-bond donors (Lipinski definition) is 3. The molecule has 3 rings (SSSR count). The van der Waals surface area contributed by atoms with Gasteiger partial charge in [0, 0.05) is 12.6 Å². The third-order valence-electron chi connectivity index (χ3n) is 4.05. The second-order valence-corrected chi connectivity index (χ2v) is 5.78. The van der Waals surface area contributed by atoms with Gasteiger partial charge in [0.1, 0.15) is 11.6 Å². The molecule has 10 nitrogen and oxygen atoms in total. The molecule has 0 unspecified atom stereocenters. The van der Waals surface area contributed by atoms with Crippen LogP contribution in [0.5, 0.6) is 0 Å². The fourth-order valence-electron chi connectivity index (χ4n) is 2.79. The Labute approximate surface area is 148 Å². The second kappa shape index (κ2) is 7.52. The van der Waals surface area contributed by atoms with Gasteiger partial charge in [-0.3, -0.25) is 5.10 Å². The number of nitrogens with zero attached hydrogens (tertiary/aromatic N) is 5. The molecule has 0 spiro atoms. The SMILES string of the molecule is N#Cc1c(N)n[nH]c1CCCCCNc1nc2ccccn2c1[N+](=O)[O-]. The third kappa shape index (κ3) is 3.41. The van der Waals surface area contributed by atoms with Crippen LogP contribution in [-0.2, 0) is 6.42 Å². The van der Waals surface area contributed by atoms with E-state index in [4.69, 9.17) is 11.0 Å². The zero-order valence-corrected chi connectivity index (χ0v) is 14.0. The maximum Gasteiger partial charge on any atom is 0.372 e. The first kappa shape index (κ1) is 17.2. The number of H-pyrrole nitrogens is 1. The summed E-state index contributed by atoms with van der Waals surface area (Å²) in [6.45, 7) is 0.570. The topological polar surface area (TPSA) is 151 Å². The number of rotatable bonds is 8. The monoisotopic (exact) mass is 354 g/mol. The van der Waals surface area contributed by atoms with Crippen molar-refractivity contribution >= 4 is 23.1 Å². The molecular weight excluding hydrogens is 336 g/mol. The summed E-state index contributed by atoms with van der Waals surface area (Å²) in [4.78, 5) is 15.1. The normalized spacial score (nSPS) is 10.7. The number of aromatic nitrogens is 4. The van der Waals surface area contributed by atoms with E-state index in [2.05, 4.69) is 20.5 Å². The minimum atomic E-state index is -0.436. The smallest absolute Gasteiger partial charge is 0.372 e. The summed E-state index contributed by atoms with van der Waals surface area (Å²) in [5.74, 6) is 0.435. The molecule has 0 aliphatic rings. The predicted octanol–water partition coefficient (Wildman–Crippen LogP) is 2.24. The van der Waals surface area contributed by atoms with E-state index in [1.54, 1.807) is 24.4 Å². The van der Waals surface area contributed by atoms with E-state index in [0.717, 1.165) is 25.0 Å². The fourth-order valence-corrected chi connectivity index (χ4v) is 2.79. The van der Waals surface area contributed by atoms with Crippen LogP contribution in [0.15, 0.2) is 24.4 Å². The molecule has 0 aliphatic heterocycles. The number of imidazole rings is 1. The van der Waals surface area contributed by atoms with Gasteiger partial charge in [-0.25, -0.2) is 0 Å². The molecule has 10 heteroatoms. The van der Waals surface area contributed by atoms with Crippen molar-refractivity contribution in [3.8, 4) is 6.07 Å². The number of nitriles is 1. The predicted molar refractivity (Wildman–Crippen MR) is 95.6 cm³/mol. The van der Waals surface area contributed by atoms with Crippen LogP contribution in [0.1, 0.15) is 30.5 Å². The molecule has 0 saturated heterocycles. The average Bonchev–Trinajstić information content (AvgIpc) is 3.17. The Hall–Kier alpha value is -3.61. The van der Waals surface area contributed by atoms with Crippen molar-refractivity contribution in [2.45, 2.75) is 25.7 Å². The highest BCUT2D eigenvalue weighted by Gasteiger charge is 2.21. The van der Waals surface area contributed by atoms with Crippen molar-refractivity contribution in [2.75, 3.05) is 17.6 Å². The minimum absolute atomic E-state index is 0.0628. The molecule has 0 atom stereocenters. The Balaban J connectivity index is 1.51. The van der Waals surface area contributed by atoms with E-state index in [9.17, 15) is 10.1 Å². The molecule has 0 radical (unpaired) electrons. The zero-order chi connectivity index (χ0) is 18.5. The van der Waals surface area contributed by atoms with Crippen molar-refractivity contribution in [1.82, 2.24) is 19.6 Å². The number of nitrogens with two attached hydrogens (primary N) is 1. The van der Waals surface area contributed by atoms with Crippen LogP contribution < -0.4 is 11.1 Å². The summed E-state index contributed by atoms with van der Waals surface area (Å²) in [6, 6.07) is 7.28. The first-order valence-electron chi connectivity index (χ1n) is 8.20. The van der Waals surface area contributed by atoms with Crippen molar-refractivity contribution in [3.63, 3.8) is 0 Å². The molecular formula is C16H18N8O2. The molecule has 4 N–H and O–H groups in total. The van der Waals surface area contributed by atoms with Gasteiger partial charge in [-0.15, -0.1) is 0 Å². The molecule has 26 heavy (non-hydrogen) atoms. The number of fused-ring (bicyclic) bond motifs is 1. The van der Waals surface area contributed by atoms with Crippen LogP contribution in [0, 0.1) is 21.4 Å². The van der Waals surface area contributed by atoms with E-state index in [-0.39, 0.29) is 17.5 Å². The summed E-state index contributed by atoms with van der Waals surface area (Å²) >= 11 is 0. The van der Waals surface area contributed by atoms with Gasteiger partial charge in [0.25, 0.3) is 0 Å². The lowest BCUT2D eigenvalue weighted by molar-refractivity contribution is -0.389. The highest BCUT2D eigenvalue weighted by Crippen LogP contribution is 2.25. The molecule has 3 aromatic rings. The first-order valence-corrected chi connectivity index (χ1v) is 8.20. The number of hydrogen-bond acceptors (Lipinski definition) is 7. The van der Waals surface area contributed by atoms with E-state index >= 15 is 0 Å². The first-order chi connectivity index (χ1) is 12.6. The average molecular weight is 354 g/mol.